The van der Waals surface area contributed by atoms with Crippen LogP contribution in [0.15, 0.2) is 30.3 Å². The van der Waals surface area contributed by atoms with Crippen LogP contribution in [0.5, 0.6) is 0 Å². The molecule has 3 heteroatoms. The van der Waals surface area contributed by atoms with Crippen molar-refractivity contribution in [2.24, 2.45) is 11.3 Å². The molecule has 1 aromatic rings. The van der Waals surface area contributed by atoms with Gasteiger partial charge in [-0.15, -0.1) is 0 Å². The minimum Gasteiger partial charge on any atom is -0.350 e. The summed E-state index contributed by atoms with van der Waals surface area (Å²) in [7, 11) is 0. The van der Waals surface area contributed by atoms with Gasteiger partial charge in [0.15, 0.2) is 0 Å². The molecule has 0 aromatic heterocycles. The molecule has 1 saturated carbocycles. The van der Waals surface area contributed by atoms with Gasteiger partial charge in [0.1, 0.15) is 0 Å². The molecule has 120 valence electrons. The fraction of sp³-hybridized carbons (Fsp3) is 0.526. The van der Waals surface area contributed by atoms with Crippen LogP contribution in [0.2, 0.25) is 5.02 Å². The van der Waals surface area contributed by atoms with Crippen LogP contribution in [-0.4, -0.2) is 11.9 Å². The number of hydrogen-bond acceptors (Lipinski definition) is 1. The van der Waals surface area contributed by atoms with Gasteiger partial charge in [0.25, 0.3) is 0 Å². The Bertz CT molecular complexity index is 527. The number of amides is 1. The lowest BCUT2D eigenvalue weighted by Crippen LogP contribution is -2.46. The van der Waals surface area contributed by atoms with Crippen molar-refractivity contribution in [2.75, 3.05) is 0 Å². The van der Waals surface area contributed by atoms with Gasteiger partial charge in [0, 0.05) is 17.1 Å². The molecule has 0 saturated heterocycles. The molecule has 1 aromatic carbocycles. The Morgan fingerprint density at radius 1 is 1.18 bits per heavy atom. The summed E-state index contributed by atoms with van der Waals surface area (Å²) in [4.78, 5) is 12.2. The van der Waals surface area contributed by atoms with Crippen LogP contribution in [0, 0.1) is 11.3 Å². The molecule has 1 aliphatic carbocycles. The van der Waals surface area contributed by atoms with Gasteiger partial charge in [-0.3, -0.25) is 4.79 Å². The van der Waals surface area contributed by atoms with E-state index in [9.17, 15) is 4.79 Å². The SMILES string of the molecule is CC(C)(C)C1CCCCC1NC(=O)/C=C/c1ccc(Cl)cc1. The molecule has 0 aliphatic heterocycles. The van der Waals surface area contributed by atoms with E-state index in [4.69, 9.17) is 11.6 Å². The molecule has 0 heterocycles. The third-order valence-electron chi connectivity index (χ3n) is 4.50. The van der Waals surface area contributed by atoms with Crippen LogP contribution >= 0.6 is 11.6 Å². The molecule has 1 amide bonds. The summed E-state index contributed by atoms with van der Waals surface area (Å²) in [6.45, 7) is 6.81. The lowest BCUT2D eigenvalue weighted by Gasteiger charge is -2.40. The predicted octanol–water partition coefficient (Wildman–Crippen LogP) is 5.07. The summed E-state index contributed by atoms with van der Waals surface area (Å²) < 4.78 is 0. The topological polar surface area (TPSA) is 29.1 Å². The lowest BCUT2D eigenvalue weighted by atomic mass is 9.69. The lowest BCUT2D eigenvalue weighted by molar-refractivity contribution is -0.118. The first-order chi connectivity index (χ1) is 10.4. The molecule has 2 unspecified atom stereocenters. The Labute approximate surface area is 138 Å². The zero-order valence-corrected chi connectivity index (χ0v) is 14.5. The molecule has 0 radical (unpaired) electrons. The quantitative estimate of drug-likeness (QED) is 0.774. The first-order valence-electron chi connectivity index (χ1n) is 8.10. The summed E-state index contributed by atoms with van der Waals surface area (Å²) in [5, 5.41) is 3.91. The van der Waals surface area contributed by atoms with E-state index in [0.717, 1.165) is 12.0 Å². The Kier molecular flexibility index (Phi) is 5.69. The molecule has 22 heavy (non-hydrogen) atoms. The average Bonchev–Trinajstić information content (AvgIpc) is 2.46. The van der Waals surface area contributed by atoms with Crippen molar-refractivity contribution in [3.8, 4) is 0 Å². The smallest absolute Gasteiger partial charge is 0.244 e. The number of carbonyl (C=O) groups is 1. The second-order valence-electron chi connectivity index (χ2n) is 7.26. The first-order valence-corrected chi connectivity index (χ1v) is 8.48. The maximum atomic E-state index is 12.2. The Morgan fingerprint density at radius 3 is 2.45 bits per heavy atom. The van der Waals surface area contributed by atoms with E-state index in [1.54, 1.807) is 6.08 Å². The minimum absolute atomic E-state index is 0.00361. The minimum atomic E-state index is -0.00361. The van der Waals surface area contributed by atoms with Crippen molar-refractivity contribution >= 4 is 23.6 Å². The maximum Gasteiger partial charge on any atom is 0.244 e. The summed E-state index contributed by atoms with van der Waals surface area (Å²) in [5.41, 5.74) is 1.22. The Hall–Kier alpha value is -1.28. The van der Waals surface area contributed by atoms with E-state index in [1.165, 1.54) is 19.3 Å². The number of hydrogen-bond donors (Lipinski definition) is 1. The third kappa shape index (κ3) is 4.88. The van der Waals surface area contributed by atoms with Crippen LogP contribution in [0.1, 0.15) is 52.0 Å². The number of halogens is 1. The molecule has 0 bridgehead atoms. The van der Waals surface area contributed by atoms with Gasteiger partial charge in [-0.1, -0.05) is 57.3 Å². The van der Waals surface area contributed by atoms with E-state index in [-0.39, 0.29) is 17.4 Å². The molecule has 1 N–H and O–H groups in total. The van der Waals surface area contributed by atoms with E-state index in [0.29, 0.717) is 10.9 Å². The highest BCUT2D eigenvalue weighted by Crippen LogP contribution is 2.37. The van der Waals surface area contributed by atoms with Gasteiger partial charge in [-0.05, 0) is 47.9 Å². The standard InChI is InChI=1S/C19H26ClNO/c1-19(2,3)16-6-4-5-7-17(16)21-18(22)13-10-14-8-11-15(20)12-9-14/h8-13,16-17H,4-7H2,1-3H3,(H,21,22)/b13-10+. The highest BCUT2D eigenvalue weighted by molar-refractivity contribution is 6.30. The second-order valence-corrected chi connectivity index (χ2v) is 7.69. The molecule has 1 fully saturated rings. The van der Waals surface area contributed by atoms with Crippen molar-refractivity contribution in [3.05, 3.63) is 40.9 Å². The summed E-state index contributed by atoms with van der Waals surface area (Å²) in [5.74, 6) is 0.547. The van der Waals surface area contributed by atoms with Gasteiger partial charge in [0.05, 0.1) is 0 Å². The molecule has 2 nitrogen and oxygen atoms in total. The fourth-order valence-corrected chi connectivity index (χ4v) is 3.44. The normalized spacial score (nSPS) is 22.7. The maximum absolute atomic E-state index is 12.2. The van der Waals surface area contributed by atoms with Gasteiger partial charge in [0.2, 0.25) is 5.91 Å². The van der Waals surface area contributed by atoms with Crippen LogP contribution in [0.25, 0.3) is 6.08 Å². The predicted molar refractivity (Wildman–Crippen MR) is 93.8 cm³/mol. The fourth-order valence-electron chi connectivity index (χ4n) is 3.32. The monoisotopic (exact) mass is 319 g/mol. The van der Waals surface area contributed by atoms with Crippen LogP contribution in [0.4, 0.5) is 0 Å². The van der Waals surface area contributed by atoms with E-state index >= 15 is 0 Å². The first kappa shape index (κ1) is 17.1. The van der Waals surface area contributed by atoms with Crippen molar-refractivity contribution in [1.29, 1.82) is 0 Å². The highest BCUT2D eigenvalue weighted by Gasteiger charge is 2.34. The van der Waals surface area contributed by atoms with Gasteiger partial charge >= 0.3 is 0 Å². The number of benzene rings is 1. The second kappa shape index (κ2) is 7.32. The van der Waals surface area contributed by atoms with Crippen molar-refractivity contribution < 1.29 is 4.79 Å². The van der Waals surface area contributed by atoms with Crippen molar-refractivity contribution in [3.63, 3.8) is 0 Å². The zero-order chi connectivity index (χ0) is 16.2. The molecule has 0 spiro atoms. The van der Waals surface area contributed by atoms with Crippen molar-refractivity contribution in [2.45, 2.75) is 52.5 Å². The Morgan fingerprint density at radius 2 is 1.82 bits per heavy atom. The third-order valence-corrected chi connectivity index (χ3v) is 4.76. The molecular formula is C19H26ClNO. The highest BCUT2D eigenvalue weighted by atomic mass is 35.5. The van der Waals surface area contributed by atoms with Crippen LogP contribution in [-0.2, 0) is 4.79 Å². The molecular weight excluding hydrogens is 294 g/mol. The number of carbonyl (C=O) groups excluding carboxylic acids is 1. The Balaban J connectivity index is 1.96. The van der Waals surface area contributed by atoms with E-state index in [1.807, 2.05) is 30.3 Å². The number of rotatable bonds is 3. The number of nitrogens with one attached hydrogen (secondary N) is 1. The average molecular weight is 320 g/mol. The van der Waals surface area contributed by atoms with E-state index < -0.39 is 0 Å². The molecule has 2 rings (SSSR count). The van der Waals surface area contributed by atoms with E-state index in [2.05, 4.69) is 26.1 Å². The zero-order valence-electron chi connectivity index (χ0n) is 13.7. The van der Waals surface area contributed by atoms with Gasteiger partial charge in [-0.25, -0.2) is 0 Å². The van der Waals surface area contributed by atoms with Crippen LogP contribution < -0.4 is 5.32 Å². The van der Waals surface area contributed by atoms with Crippen molar-refractivity contribution in [1.82, 2.24) is 5.32 Å². The van der Waals surface area contributed by atoms with Gasteiger partial charge in [-0.2, -0.15) is 0 Å². The van der Waals surface area contributed by atoms with Gasteiger partial charge < -0.3 is 5.32 Å². The molecule has 2 atom stereocenters. The largest absolute Gasteiger partial charge is 0.350 e. The van der Waals surface area contributed by atoms with Crippen LogP contribution in [0.3, 0.4) is 0 Å². The molecule has 1 aliphatic rings. The summed E-state index contributed by atoms with van der Waals surface area (Å²) in [6, 6.07) is 7.76. The summed E-state index contributed by atoms with van der Waals surface area (Å²) in [6.07, 6.45) is 8.23. The summed E-state index contributed by atoms with van der Waals surface area (Å²) >= 11 is 5.86.